The lowest BCUT2D eigenvalue weighted by Crippen LogP contribution is -2.50. The van der Waals surface area contributed by atoms with Gasteiger partial charge in [-0.05, 0) is 36.6 Å². The Labute approximate surface area is 174 Å². The zero-order valence-corrected chi connectivity index (χ0v) is 17.5. The van der Waals surface area contributed by atoms with Crippen molar-refractivity contribution in [1.82, 2.24) is 15.2 Å². The lowest BCUT2D eigenvalue weighted by atomic mass is 9.82. The Kier molecular flexibility index (Phi) is 5.56. The fourth-order valence-electron chi connectivity index (χ4n) is 4.03. The van der Waals surface area contributed by atoms with Crippen LogP contribution in [0.1, 0.15) is 30.2 Å². The van der Waals surface area contributed by atoms with Gasteiger partial charge in [-0.2, -0.15) is 0 Å². The maximum atomic E-state index is 12.3. The number of amides is 2. The van der Waals surface area contributed by atoms with E-state index in [1.165, 1.54) is 17.4 Å². The molecule has 2 amide bonds. The van der Waals surface area contributed by atoms with Gasteiger partial charge in [-0.15, -0.1) is 11.3 Å². The average Bonchev–Trinajstić information content (AvgIpc) is 3.19. The summed E-state index contributed by atoms with van der Waals surface area (Å²) in [6, 6.07) is 6.11. The largest absolute Gasteiger partial charge is 0.495 e. The van der Waals surface area contributed by atoms with E-state index in [1.54, 1.807) is 24.6 Å². The molecule has 2 aromatic heterocycles. The van der Waals surface area contributed by atoms with E-state index in [9.17, 15) is 9.59 Å². The number of pyridine rings is 1. The number of rotatable bonds is 4. The summed E-state index contributed by atoms with van der Waals surface area (Å²) in [7, 11) is 1.63. The summed E-state index contributed by atoms with van der Waals surface area (Å²) in [6.07, 6.45) is 4.17. The molecule has 1 saturated heterocycles. The summed E-state index contributed by atoms with van der Waals surface area (Å²) in [4.78, 5) is 32.2. The van der Waals surface area contributed by atoms with Crippen LogP contribution in [0.15, 0.2) is 24.4 Å². The Balaban J connectivity index is 1.50. The molecule has 2 aliphatic heterocycles. The van der Waals surface area contributed by atoms with Crippen LogP contribution in [0.25, 0.3) is 10.6 Å². The average molecular weight is 416 g/mol. The number of fused-ring (bicyclic) bond motifs is 2. The predicted octanol–water partition coefficient (Wildman–Crippen LogP) is 2.35. The summed E-state index contributed by atoms with van der Waals surface area (Å²) in [5.74, 6) is 0.510. The van der Waals surface area contributed by atoms with E-state index in [1.807, 2.05) is 17.0 Å². The van der Waals surface area contributed by atoms with Gasteiger partial charge < -0.3 is 19.7 Å². The fraction of sp³-hybridized carbons (Fsp3) is 0.476. The number of carbonyl (C=O) groups excluding carboxylic acids is 2. The zero-order valence-electron chi connectivity index (χ0n) is 16.7. The van der Waals surface area contributed by atoms with Crippen LogP contribution in [-0.4, -0.2) is 55.0 Å². The van der Waals surface area contributed by atoms with Crippen molar-refractivity contribution >= 4 is 23.2 Å². The first kappa shape index (κ1) is 19.8. The highest BCUT2D eigenvalue weighted by molar-refractivity contribution is 7.15. The number of nitrogens with zero attached hydrogens (tertiary/aromatic N) is 2. The summed E-state index contributed by atoms with van der Waals surface area (Å²) in [5, 5.41) is 2.58. The summed E-state index contributed by atoms with van der Waals surface area (Å²) in [6.45, 7) is 3.43. The van der Waals surface area contributed by atoms with Crippen molar-refractivity contribution in [3.8, 4) is 16.3 Å². The van der Waals surface area contributed by atoms with Gasteiger partial charge in [-0.3, -0.25) is 14.6 Å². The topological polar surface area (TPSA) is 80.8 Å². The number of methoxy groups -OCH3 is 1. The van der Waals surface area contributed by atoms with E-state index >= 15 is 0 Å². The van der Waals surface area contributed by atoms with Crippen LogP contribution in [-0.2, 0) is 26.3 Å². The number of hydrogen-bond acceptors (Lipinski definition) is 6. The first-order valence-electron chi connectivity index (χ1n) is 9.80. The third kappa shape index (κ3) is 4.00. The second kappa shape index (κ2) is 8.12. The predicted molar refractivity (Wildman–Crippen MR) is 110 cm³/mol. The second-order valence-electron chi connectivity index (χ2n) is 7.41. The minimum absolute atomic E-state index is 0.0421. The Bertz CT molecular complexity index is 901. The van der Waals surface area contributed by atoms with Crippen LogP contribution in [0.4, 0.5) is 0 Å². The molecule has 8 heteroatoms. The SMILES string of the molecule is COc1ccc(-c2cc3c(s2)CCOC32CCN(C(=O)CNC(C)=O)CC2)nc1. The van der Waals surface area contributed by atoms with Crippen LogP contribution < -0.4 is 10.1 Å². The van der Waals surface area contributed by atoms with Crippen molar-refractivity contribution in [2.75, 3.05) is 33.4 Å². The van der Waals surface area contributed by atoms with Gasteiger partial charge in [0.25, 0.3) is 0 Å². The highest BCUT2D eigenvalue weighted by Crippen LogP contribution is 2.46. The number of thiophene rings is 1. The third-order valence-electron chi connectivity index (χ3n) is 5.64. The molecule has 29 heavy (non-hydrogen) atoms. The normalized spacial score (nSPS) is 17.7. The maximum absolute atomic E-state index is 12.3. The third-order valence-corrected chi connectivity index (χ3v) is 6.86. The molecule has 0 aliphatic carbocycles. The number of ether oxygens (including phenoxy) is 2. The van der Waals surface area contributed by atoms with Gasteiger partial charge in [-0.1, -0.05) is 0 Å². The van der Waals surface area contributed by atoms with Crippen molar-refractivity contribution in [2.45, 2.75) is 31.8 Å². The molecule has 2 aliphatic rings. The van der Waals surface area contributed by atoms with Gasteiger partial charge in [0, 0.05) is 31.3 Å². The van der Waals surface area contributed by atoms with Crippen LogP contribution >= 0.6 is 11.3 Å². The van der Waals surface area contributed by atoms with Crippen molar-refractivity contribution < 1.29 is 19.1 Å². The first-order chi connectivity index (χ1) is 14.0. The molecule has 7 nitrogen and oxygen atoms in total. The Morgan fingerprint density at radius 3 is 2.79 bits per heavy atom. The van der Waals surface area contributed by atoms with Gasteiger partial charge in [0.05, 0.1) is 42.6 Å². The van der Waals surface area contributed by atoms with Gasteiger partial charge in [0.1, 0.15) is 5.75 Å². The highest BCUT2D eigenvalue weighted by atomic mass is 32.1. The molecular weight excluding hydrogens is 390 g/mol. The Morgan fingerprint density at radius 1 is 1.34 bits per heavy atom. The van der Waals surface area contributed by atoms with Crippen molar-refractivity contribution in [3.63, 3.8) is 0 Å². The molecular formula is C21H25N3O4S. The van der Waals surface area contributed by atoms with Crippen LogP contribution in [0.3, 0.4) is 0 Å². The van der Waals surface area contributed by atoms with Crippen LogP contribution in [0, 0.1) is 0 Å². The molecule has 0 atom stereocenters. The number of aromatic nitrogens is 1. The van der Waals surface area contributed by atoms with Crippen molar-refractivity contribution in [1.29, 1.82) is 0 Å². The summed E-state index contributed by atoms with van der Waals surface area (Å²) in [5.41, 5.74) is 1.85. The molecule has 1 fully saturated rings. The monoisotopic (exact) mass is 415 g/mol. The molecule has 154 valence electrons. The summed E-state index contributed by atoms with van der Waals surface area (Å²) < 4.78 is 11.5. The van der Waals surface area contributed by atoms with Gasteiger partial charge in [0.2, 0.25) is 11.8 Å². The summed E-state index contributed by atoms with van der Waals surface area (Å²) >= 11 is 1.78. The standard InChI is InChI=1S/C21H25N3O4S/c1-14(25)22-13-20(26)24-8-6-21(7-9-24)16-11-19(29-18(16)5-10-28-21)17-4-3-15(27-2)12-23-17/h3-4,11-12H,5-10,13H2,1-2H3,(H,22,25). The Morgan fingerprint density at radius 2 is 2.14 bits per heavy atom. The molecule has 0 radical (unpaired) electrons. The number of nitrogens with one attached hydrogen (secondary N) is 1. The van der Waals surface area contributed by atoms with Gasteiger partial charge in [-0.25, -0.2) is 0 Å². The van der Waals surface area contributed by atoms with E-state index in [-0.39, 0.29) is 24.0 Å². The molecule has 0 saturated carbocycles. The van der Waals surface area contributed by atoms with Crippen molar-refractivity contribution in [3.05, 3.63) is 34.8 Å². The molecule has 1 spiro atoms. The second-order valence-corrected chi connectivity index (χ2v) is 8.55. The molecule has 0 aromatic carbocycles. The lowest BCUT2D eigenvalue weighted by molar-refractivity contribution is -0.140. The maximum Gasteiger partial charge on any atom is 0.241 e. The number of hydrogen-bond donors (Lipinski definition) is 1. The smallest absolute Gasteiger partial charge is 0.241 e. The number of piperidine rings is 1. The molecule has 4 heterocycles. The Hall–Kier alpha value is -2.45. The molecule has 1 N–H and O–H groups in total. The first-order valence-corrected chi connectivity index (χ1v) is 10.6. The highest BCUT2D eigenvalue weighted by Gasteiger charge is 2.42. The minimum Gasteiger partial charge on any atom is -0.495 e. The molecule has 4 rings (SSSR count). The lowest BCUT2D eigenvalue weighted by Gasteiger charge is -2.44. The van der Waals surface area contributed by atoms with Crippen LogP contribution in [0.2, 0.25) is 0 Å². The van der Waals surface area contributed by atoms with E-state index < -0.39 is 0 Å². The minimum atomic E-state index is -0.334. The van der Waals surface area contributed by atoms with E-state index in [4.69, 9.17) is 9.47 Å². The van der Waals surface area contributed by atoms with Gasteiger partial charge >= 0.3 is 0 Å². The fourth-order valence-corrected chi connectivity index (χ4v) is 5.24. The zero-order chi connectivity index (χ0) is 20.4. The van der Waals surface area contributed by atoms with E-state index in [2.05, 4.69) is 16.4 Å². The number of likely N-dealkylation sites (tertiary alicyclic amines) is 1. The van der Waals surface area contributed by atoms with E-state index in [0.29, 0.717) is 19.7 Å². The quantitative estimate of drug-likeness (QED) is 0.829. The van der Waals surface area contributed by atoms with Crippen LogP contribution in [0.5, 0.6) is 5.75 Å². The van der Waals surface area contributed by atoms with E-state index in [0.717, 1.165) is 35.6 Å². The van der Waals surface area contributed by atoms with Crippen molar-refractivity contribution in [2.24, 2.45) is 0 Å². The molecule has 2 aromatic rings. The molecule has 0 unspecified atom stereocenters. The number of carbonyl (C=O) groups is 2. The molecule has 0 bridgehead atoms. The van der Waals surface area contributed by atoms with Gasteiger partial charge in [0.15, 0.2) is 0 Å².